The van der Waals surface area contributed by atoms with Crippen LogP contribution < -0.4 is 16.2 Å². The van der Waals surface area contributed by atoms with Crippen LogP contribution in [-0.2, 0) is 13.6 Å². The van der Waals surface area contributed by atoms with Crippen LogP contribution in [0, 0.1) is 0 Å². The van der Waals surface area contributed by atoms with E-state index in [1.165, 1.54) is 0 Å². The SMILES string of the molecule is CN(Cc1nccn1C)c1cncc(NN)n1. The van der Waals surface area contributed by atoms with Gasteiger partial charge < -0.3 is 14.9 Å². The molecule has 0 aromatic carbocycles. The lowest BCUT2D eigenvalue weighted by Crippen LogP contribution is -2.21. The van der Waals surface area contributed by atoms with Crippen LogP contribution in [-0.4, -0.2) is 26.6 Å². The van der Waals surface area contributed by atoms with Crippen molar-refractivity contribution in [2.45, 2.75) is 6.54 Å². The molecule has 2 aromatic heterocycles. The van der Waals surface area contributed by atoms with E-state index in [0.29, 0.717) is 12.4 Å². The van der Waals surface area contributed by atoms with E-state index in [0.717, 1.165) is 11.6 Å². The molecule has 2 rings (SSSR count). The number of nitrogens with two attached hydrogens (primary N) is 1. The van der Waals surface area contributed by atoms with Crippen molar-refractivity contribution in [2.75, 3.05) is 17.4 Å². The highest BCUT2D eigenvalue weighted by atomic mass is 15.3. The summed E-state index contributed by atoms with van der Waals surface area (Å²) in [6.45, 7) is 0.659. The fraction of sp³-hybridized carbons (Fsp3) is 0.300. The second-order valence-electron chi connectivity index (χ2n) is 3.72. The first-order chi connectivity index (χ1) is 8.20. The predicted octanol–water partition coefficient (Wildman–Crippen LogP) is 0.132. The van der Waals surface area contributed by atoms with Crippen molar-refractivity contribution in [1.29, 1.82) is 0 Å². The number of anilines is 2. The molecule has 0 radical (unpaired) electrons. The minimum absolute atomic E-state index is 0.536. The Hall–Kier alpha value is -2.15. The van der Waals surface area contributed by atoms with Gasteiger partial charge in [-0.2, -0.15) is 0 Å². The maximum Gasteiger partial charge on any atom is 0.160 e. The van der Waals surface area contributed by atoms with Crippen molar-refractivity contribution < 1.29 is 0 Å². The average Bonchev–Trinajstić information content (AvgIpc) is 2.75. The van der Waals surface area contributed by atoms with Crippen molar-refractivity contribution in [3.8, 4) is 0 Å². The van der Waals surface area contributed by atoms with Gasteiger partial charge in [0.1, 0.15) is 11.6 Å². The Morgan fingerprint density at radius 1 is 1.47 bits per heavy atom. The number of nitrogen functional groups attached to an aromatic ring is 1. The number of rotatable bonds is 4. The topological polar surface area (TPSA) is 84.9 Å². The fourth-order valence-electron chi connectivity index (χ4n) is 1.45. The molecule has 3 N–H and O–H groups in total. The zero-order valence-electron chi connectivity index (χ0n) is 9.83. The molecule has 0 amide bonds. The number of hydrogen-bond donors (Lipinski definition) is 2. The Morgan fingerprint density at radius 3 is 2.94 bits per heavy atom. The quantitative estimate of drug-likeness (QED) is 0.577. The summed E-state index contributed by atoms with van der Waals surface area (Å²) in [4.78, 5) is 14.6. The molecule has 0 saturated carbocycles. The molecule has 2 aromatic rings. The van der Waals surface area contributed by atoms with Crippen LogP contribution in [0.2, 0.25) is 0 Å². The Morgan fingerprint density at radius 2 is 2.29 bits per heavy atom. The number of imidazole rings is 1. The third-order valence-corrected chi connectivity index (χ3v) is 2.46. The lowest BCUT2D eigenvalue weighted by atomic mass is 10.5. The molecule has 0 atom stereocenters. The Bertz CT molecular complexity index is 493. The van der Waals surface area contributed by atoms with E-state index in [4.69, 9.17) is 5.84 Å². The first-order valence-corrected chi connectivity index (χ1v) is 5.16. The van der Waals surface area contributed by atoms with Crippen LogP contribution in [0.5, 0.6) is 0 Å². The van der Waals surface area contributed by atoms with Gasteiger partial charge in [0.25, 0.3) is 0 Å². The van der Waals surface area contributed by atoms with Gasteiger partial charge in [-0.3, -0.25) is 4.98 Å². The molecule has 0 spiro atoms. The summed E-state index contributed by atoms with van der Waals surface area (Å²) >= 11 is 0. The summed E-state index contributed by atoms with van der Waals surface area (Å²) < 4.78 is 1.97. The standard InChI is InChI=1S/C10H15N7/c1-16-4-3-13-10(16)7-17(2)9-6-12-5-8(14-9)15-11/h3-6H,7,11H2,1-2H3,(H,14,15). The van der Waals surface area contributed by atoms with Crippen molar-refractivity contribution >= 4 is 11.6 Å². The number of hydrogen-bond acceptors (Lipinski definition) is 6. The maximum atomic E-state index is 5.29. The van der Waals surface area contributed by atoms with Gasteiger partial charge in [0.15, 0.2) is 5.82 Å². The molecule has 0 aliphatic carbocycles. The van der Waals surface area contributed by atoms with Crippen molar-refractivity contribution in [3.63, 3.8) is 0 Å². The summed E-state index contributed by atoms with van der Waals surface area (Å²) in [5, 5.41) is 0. The summed E-state index contributed by atoms with van der Waals surface area (Å²) in [6, 6.07) is 0. The monoisotopic (exact) mass is 233 g/mol. The lowest BCUT2D eigenvalue weighted by Gasteiger charge is -2.17. The van der Waals surface area contributed by atoms with Gasteiger partial charge in [0.2, 0.25) is 0 Å². The van der Waals surface area contributed by atoms with E-state index in [2.05, 4.69) is 20.4 Å². The predicted molar refractivity (Wildman–Crippen MR) is 65.2 cm³/mol. The molecular weight excluding hydrogens is 218 g/mol. The van der Waals surface area contributed by atoms with Crippen LogP contribution in [0.1, 0.15) is 5.82 Å². The minimum Gasteiger partial charge on any atom is -0.351 e. The normalized spacial score (nSPS) is 10.3. The molecule has 7 nitrogen and oxygen atoms in total. The molecule has 7 heteroatoms. The van der Waals surface area contributed by atoms with Gasteiger partial charge in [0.05, 0.1) is 18.9 Å². The second-order valence-corrected chi connectivity index (χ2v) is 3.72. The number of nitrogens with zero attached hydrogens (tertiary/aromatic N) is 5. The smallest absolute Gasteiger partial charge is 0.160 e. The molecule has 0 bridgehead atoms. The minimum atomic E-state index is 0.536. The molecule has 17 heavy (non-hydrogen) atoms. The third kappa shape index (κ3) is 2.51. The summed E-state index contributed by atoms with van der Waals surface area (Å²) in [5.74, 6) is 7.53. The molecule has 0 aliphatic heterocycles. The first kappa shape index (κ1) is 11.3. The fourth-order valence-corrected chi connectivity index (χ4v) is 1.45. The van der Waals surface area contributed by atoms with Gasteiger partial charge in [-0.25, -0.2) is 15.8 Å². The average molecular weight is 233 g/mol. The second kappa shape index (κ2) is 4.79. The highest BCUT2D eigenvalue weighted by Crippen LogP contribution is 2.12. The molecule has 2 heterocycles. The van der Waals surface area contributed by atoms with Crippen molar-refractivity contribution in [2.24, 2.45) is 12.9 Å². The Kier molecular flexibility index (Phi) is 3.20. The molecule has 0 unspecified atom stereocenters. The zero-order valence-corrected chi connectivity index (χ0v) is 9.83. The van der Waals surface area contributed by atoms with E-state index in [1.54, 1.807) is 18.6 Å². The first-order valence-electron chi connectivity index (χ1n) is 5.16. The number of aryl methyl sites for hydroxylation is 1. The molecule has 90 valence electrons. The van der Waals surface area contributed by atoms with Crippen LogP contribution in [0.3, 0.4) is 0 Å². The van der Waals surface area contributed by atoms with Gasteiger partial charge in [-0.05, 0) is 0 Å². The van der Waals surface area contributed by atoms with E-state index < -0.39 is 0 Å². The zero-order chi connectivity index (χ0) is 12.3. The number of hydrazine groups is 1. The number of nitrogens with one attached hydrogen (secondary N) is 1. The Labute approximate surface area is 99.3 Å². The largest absolute Gasteiger partial charge is 0.351 e. The van der Waals surface area contributed by atoms with Crippen LogP contribution in [0.4, 0.5) is 11.6 Å². The van der Waals surface area contributed by atoms with E-state index in [-0.39, 0.29) is 0 Å². The van der Waals surface area contributed by atoms with E-state index >= 15 is 0 Å². The highest BCUT2D eigenvalue weighted by molar-refractivity contribution is 5.42. The van der Waals surface area contributed by atoms with Crippen LogP contribution in [0.25, 0.3) is 0 Å². The van der Waals surface area contributed by atoms with E-state index in [1.807, 2.05) is 29.8 Å². The molecule has 0 fully saturated rings. The number of aromatic nitrogens is 4. The maximum absolute atomic E-state index is 5.29. The summed E-state index contributed by atoms with van der Waals surface area (Å²) in [6.07, 6.45) is 6.93. The Balaban J connectivity index is 2.14. The van der Waals surface area contributed by atoms with Crippen molar-refractivity contribution in [1.82, 2.24) is 19.5 Å². The molecular formula is C10H15N7. The lowest BCUT2D eigenvalue weighted by molar-refractivity contribution is 0.754. The molecule has 0 aliphatic rings. The van der Waals surface area contributed by atoms with Gasteiger partial charge >= 0.3 is 0 Å². The van der Waals surface area contributed by atoms with Gasteiger partial charge in [-0.15, -0.1) is 0 Å². The highest BCUT2D eigenvalue weighted by Gasteiger charge is 2.07. The van der Waals surface area contributed by atoms with Crippen LogP contribution >= 0.6 is 0 Å². The van der Waals surface area contributed by atoms with E-state index in [9.17, 15) is 0 Å². The molecule has 0 saturated heterocycles. The van der Waals surface area contributed by atoms with Gasteiger partial charge in [-0.1, -0.05) is 0 Å². The third-order valence-electron chi connectivity index (χ3n) is 2.46. The summed E-state index contributed by atoms with van der Waals surface area (Å²) in [5.41, 5.74) is 2.47. The van der Waals surface area contributed by atoms with Crippen molar-refractivity contribution in [3.05, 3.63) is 30.6 Å². The van der Waals surface area contributed by atoms with Gasteiger partial charge in [0, 0.05) is 26.5 Å². The summed E-state index contributed by atoms with van der Waals surface area (Å²) in [7, 11) is 3.89. The van der Waals surface area contributed by atoms with Crippen LogP contribution in [0.15, 0.2) is 24.8 Å².